The molecule has 0 bridgehead atoms. The average molecular weight is 402 g/mol. The van der Waals surface area contributed by atoms with Crippen molar-refractivity contribution in [2.24, 2.45) is 0 Å². The molecule has 0 spiro atoms. The summed E-state index contributed by atoms with van der Waals surface area (Å²) in [5, 5.41) is 0. The number of halogens is 1. The first-order valence-corrected chi connectivity index (χ1v) is 11.9. The number of unbranched alkanes of at least 4 members (excludes halogenated alkanes) is 14. The van der Waals surface area contributed by atoms with Crippen LogP contribution in [0.25, 0.3) is 0 Å². The highest BCUT2D eigenvalue weighted by Crippen LogP contribution is 2.29. The summed E-state index contributed by atoms with van der Waals surface area (Å²) in [6.45, 7) is 8.80. The topological polar surface area (TPSA) is 3.24 Å². The Morgan fingerprint density at radius 2 is 0.889 bits per heavy atom. The zero-order valence-electron chi connectivity index (χ0n) is 19.4. The lowest BCUT2D eigenvalue weighted by Crippen LogP contribution is -2.42. The van der Waals surface area contributed by atoms with Crippen molar-refractivity contribution in [1.29, 1.82) is 0 Å². The third-order valence-corrected chi connectivity index (χ3v) is 6.20. The Labute approximate surface area is 179 Å². The van der Waals surface area contributed by atoms with Gasteiger partial charge in [0.15, 0.2) is 0 Å². The molecule has 0 rings (SSSR count). The van der Waals surface area contributed by atoms with Gasteiger partial charge in [-0.25, -0.2) is 0 Å². The van der Waals surface area contributed by atoms with Crippen LogP contribution in [0.4, 0.5) is 0 Å². The molecule has 27 heavy (non-hydrogen) atoms. The van der Waals surface area contributed by atoms with E-state index in [9.17, 15) is 0 Å². The summed E-state index contributed by atoms with van der Waals surface area (Å²) in [6, 6.07) is 0. The number of hydrogen-bond donors (Lipinski definition) is 0. The molecular formula is C25H52ClN. The standard InChI is InChI=1S/C25H51N.ClH/c1-6-9-11-13-15-17-19-21-23-25(8-3,26(4)5)24-22-20-18-16-14-12-10-7-2;/h8H,3,6-7,9-24H2,1-2,4-5H3;1H. The van der Waals surface area contributed by atoms with Crippen LogP contribution < -0.4 is 0 Å². The molecule has 0 saturated carbocycles. The van der Waals surface area contributed by atoms with Gasteiger partial charge in [-0.15, -0.1) is 19.0 Å². The third-order valence-electron chi connectivity index (χ3n) is 6.20. The predicted octanol–water partition coefficient (Wildman–Crippen LogP) is 8.96. The van der Waals surface area contributed by atoms with Gasteiger partial charge in [-0.1, -0.05) is 123 Å². The maximum absolute atomic E-state index is 4.21. The van der Waals surface area contributed by atoms with E-state index in [-0.39, 0.29) is 17.9 Å². The first-order valence-electron chi connectivity index (χ1n) is 11.9. The molecule has 0 aromatic heterocycles. The third kappa shape index (κ3) is 15.6. The van der Waals surface area contributed by atoms with E-state index < -0.39 is 0 Å². The van der Waals surface area contributed by atoms with Crippen LogP contribution in [-0.2, 0) is 0 Å². The van der Waals surface area contributed by atoms with Gasteiger partial charge in [-0.2, -0.15) is 0 Å². The van der Waals surface area contributed by atoms with Crippen LogP contribution in [0, 0.1) is 0 Å². The molecule has 0 aliphatic rings. The van der Waals surface area contributed by atoms with Crippen LogP contribution in [0.2, 0.25) is 0 Å². The molecule has 0 amide bonds. The van der Waals surface area contributed by atoms with Gasteiger partial charge < -0.3 is 4.90 Å². The van der Waals surface area contributed by atoms with Crippen molar-refractivity contribution in [3.8, 4) is 0 Å². The van der Waals surface area contributed by atoms with Gasteiger partial charge in [-0.05, 0) is 26.9 Å². The fourth-order valence-corrected chi connectivity index (χ4v) is 4.09. The highest BCUT2D eigenvalue weighted by Gasteiger charge is 2.27. The van der Waals surface area contributed by atoms with E-state index in [4.69, 9.17) is 0 Å². The number of nitrogens with zero attached hydrogens (tertiary/aromatic N) is 1. The highest BCUT2D eigenvalue weighted by atomic mass is 35.5. The monoisotopic (exact) mass is 401 g/mol. The lowest BCUT2D eigenvalue weighted by atomic mass is 9.85. The maximum Gasteiger partial charge on any atom is 0.0382 e. The summed E-state index contributed by atoms with van der Waals surface area (Å²) in [4.78, 5) is 2.43. The predicted molar refractivity (Wildman–Crippen MR) is 128 cm³/mol. The number of hydrogen-bond acceptors (Lipinski definition) is 1. The van der Waals surface area contributed by atoms with Crippen LogP contribution >= 0.6 is 12.4 Å². The van der Waals surface area contributed by atoms with E-state index in [2.05, 4.69) is 45.5 Å². The normalized spacial score (nSPS) is 11.6. The second-order valence-corrected chi connectivity index (χ2v) is 8.65. The molecule has 2 heteroatoms. The van der Waals surface area contributed by atoms with Gasteiger partial charge in [0.1, 0.15) is 0 Å². The zero-order chi connectivity index (χ0) is 19.5. The van der Waals surface area contributed by atoms with Crippen LogP contribution in [0.5, 0.6) is 0 Å². The molecule has 0 heterocycles. The minimum Gasteiger partial charge on any atom is -0.300 e. The Kier molecular flexibility index (Phi) is 22.4. The van der Waals surface area contributed by atoms with Gasteiger partial charge >= 0.3 is 0 Å². The van der Waals surface area contributed by atoms with Crippen molar-refractivity contribution in [2.75, 3.05) is 14.1 Å². The van der Waals surface area contributed by atoms with Gasteiger partial charge in [0.25, 0.3) is 0 Å². The maximum atomic E-state index is 4.21. The second kappa shape index (κ2) is 20.7. The van der Waals surface area contributed by atoms with Crippen LogP contribution in [0.1, 0.15) is 129 Å². The molecule has 0 unspecified atom stereocenters. The Balaban J connectivity index is 0. The summed E-state index contributed by atoms with van der Waals surface area (Å²) < 4.78 is 0. The second-order valence-electron chi connectivity index (χ2n) is 8.65. The van der Waals surface area contributed by atoms with Crippen molar-refractivity contribution in [2.45, 2.75) is 135 Å². The van der Waals surface area contributed by atoms with Crippen LogP contribution in [0.15, 0.2) is 12.7 Å². The Morgan fingerprint density at radius 3 is 1.15 bits per heavy atom. The van der Waals surface area contributed by atoms with E-state index in [1.54, 1.807) is 0 Å². The molecule has 1 nitrogen and oxygen atoms in total. The molecule has 0 aliphatic heterocycles. The Bertz CT molecular complexity index is 281. The zero-order valence-corrected chi connectivity index (χ0v) is 20.2. The lowest BCUT2D eigenvalue weighted by Gasteiger charge is -2.38. The Hall–Kier alpha value is -0.0100. The van der Waals surface area contributed by atoms with E-state index in [1.807, 2.05) is 0 Å². The molecule has 0 aromatic carbocycles. The smallest absolute Gasteiger partial charge is 0.0382 e. The number of rotatable bonds is 20. The van der Waals surface area contributed by atoms with Gasteiger partial charge in [-0.3, -0.25) is 0 Å². The molecule has 0 aromatic rings. The SMILES string of the molecule is C=CC(CCCCCCCCCC)(CCCCCCCCCC)N(C)C.Cl. The van der Waals surface area contributed by atoms with Crippen LogP contribution in [-0.4, -0.2) is 24.5 Å². The quantitative estimate of drug-likeness (QED) is 0.145. The van der Waals surface area contributed by atoms with Gasteiger partial charge in [0, 0.05) is 5.54 Å². The minimum absolute atomic E-state index is 0. The largest absolute Gasteiger partial charge is 0.300 e. The highest BCUT2D eigenvalue weighted by molar-refractivity contribution is 5.85. The van der Waals surface area contributed by atoms with Gasteiger partial charge in [0.05, 0.1) is 0 Å². The van der Waals surface area contributed by atoms with Crippen molar-refractivity contribution in [1.82, 2.24) is 4.90 Å². The average Bonchev–Trinajstić information content (AvgIpc) is 2.64. The van der Waals surface area contributed by atoms with E-state index >= 15 is 0 Å². The summed E-state index contributed by atoms with van der Waals surface area (Å²) in [5.74, 6) is 0. The van der Waals surface area contributed by atoms with E-state index in [0.717, 1.165) is 0 Å². The fourth-order valence-electron chi connectivity index (χ4n) is 4.09. The van der Waals surface area contributed by atoms with Crippen molar-refractivity contribution >= 4 is 12.4 Å². The molecule has 0 fully saturated rings. The summed E-state index contributed by atoms with van der Waals surface area (Å²) in [7, 11) is 4.49. The van der Waals surface area contributed by atoms with Crippen molar-refractivity contribution in [3.05, 3.63) is 12.7 Å². The summed E-state index contributed by atoms with van der Waals surface area (Å²) in [6.07, 6.45) is 27.3. The molecule has 0 radical (unpaired) electrons. The Morgan fingerprint density at radius 1 is 0.593 bits per heavy atom. The molecule has 0 N–H and O–H groups in total. The molecular weight excluding hydrogens is 350 g/mol. The van der Waals surface area contributed by atoms with Crippen molar-refractivity contribution < 1.29 is 0 Å². The van der Waals surface area contributed by atoms with E-state index in [1.165, 1.54) is 116 Å². The lowest BCUT2D eigenvalue weighted by molar-refractivity contribution is 0.171. The van der Waals surface area contributed by atoms with E-state index in [0.29, 0.717) is 0 Å². The molecule has 164 valence electrons. The fraction of sp³-hybridized carbons (Fsp3) is 0.920. The first kappa shape index (κ1) is 29.2. The van der Waals surface area contributed by atoms with Gasteiger partial charge in [0.2, 0.25) is 0 Å². The van der Waals surface area contributed by atoms with Crippen molar-refractivity contribution in [3.63, 3.8) is 0 Å². The first-order chi connectivity index (χ1) is 12.6. The number of likely N-dealkylation sites (N-methyl/N-ethyl adjacent to an activating group) is 1. The molecule has 0 atom stereocenters. The minimum atomic E-state index is 0. The molecule has 0 aliphatic carbocycles. The van der Waals surface area contributed by atoms with Crippen LogP contribution in [0.3, 0.4) is 0 Å². The molecule has 0 saturated heterocycles. The summed E-state index contributed by atoms with van der Waals surface area (Å²) >= 11 is 0. The summed E-state index contributed by atoms with van der Waals surface area (Å²) in [5.41, 5.74) is 0.227.